The zero-order valence-electron chi connectivity index (χ0n) is 15.1. The van der Waals surface area contributed by atoms with Gasteiger partial charge in [0, 0.05) is 31.4 Å². The van der Waals surface area contributed by atoms with Crippen molar-refractivity contribution in [3.8, 4) is 6.07 Å². The van der Waals surface area contributed by atoms with Crippen molar-refractivity contribution in [3.05, 3.63) is 28.7 Å². The van der Waals surface area contributed by atoms with Crippen LogP contribution in [0.4, 0.5) is 0 Å². The van der Waals surface area contributed by atoms with E-state index in [0.717, 1.165) is 29.9 Å². The van der Waals surface area contributed by atoms with Crippen molar-refractivity contribution < 1.29 is 4.79 Å². The highest BCUT2D eigenvalue weighted by Crippen LogP contribution is 2.18. The van der Waals surface area contributed by atoms with E-state index in [1.165, 1.54) is 6.20 Å². The van der Waals surface area contributed by atoms with Crippen LogP contribution in [0.15, 0.2) is 6.20 Å². The van der Waals surface area contributed by atoms with Gasteiger partial charge in [0.1, 0.15) is 11.6 Å². The average Bonchev–Trinajstić information content (AvgIpc) is 2.94. The lowest BCUT2D eigenvalue weighted by atomic mass is 10.1. The van der Waals surface area contributed by atoms with E-state index in [1.54, 1.807) is 9.42 Å². The number of nitrogens with zero attached hydrogens (tertiary/aromatic N) is 5. The highest BCUT2D eigenvalue weighted by molar-refractivity contribution is 5.76. The minimum Gasteiger partial charge on any atom is -0.346 e. The number of fused-ring (bicyclic) bond motifs is 1. The second-order valence-corrected chi connectivity index (χ2v) is 6.66. The van der Waals surface area contributed by atoms with Crippen LogP contribution in [0.1, 0.15) is 49.2 Å². The highest BCUT2D eigenvalue weighted by atomic mass is 16.2. The zero-order valence-corrected chi connectivity index (χ0v) is 15.1. The van der Waals surface area contributed by atoms with Gasteiger partial charge < -0.3 is 4.90 Å². The molecule has 0 aliphatic carbocycles. The number of aromatic nitrogens is 3. The summed E-state index contributed by atoms with van der Waals surface area (Å²) in [5.74, 6) is 0.734. The molecular weight excluding hydrogens is 302 g/mol. The maximum absolute atomic E-state index is 12.3. The van der Waals surface area contributed by atoms with Crippen LogP contribution < -0.4 is 0 Å². The van der Waals surface area contributed by atoms with E-state index in [1.807, 2.05) is 20.9 Å². The molecule has 0 atom stereocenters. The van der Waals surface area contributed by atoms with Gasteiger partial charge in [-0.25, -0.2) is 9.50 Å². The maximum Gasteiger partial charge on any atom is 0.222 e. The van der Waals surface area contributed by atoms with Crippen LogP contribution in [-0.2, 0) is 11.2 Å². The van der Waals surface area contributed by atoms with Gasteiger partial charge >= 0.3 is 0 Å². The summed E-state index contributed by atoms with van der Waals surface area (Å²) in [7, 11) is 1.86. The molecule has 2 rings (SSSR count). The Morgan fingerprint density at radius 1 is 1.42 bits per heavy atom. The van der Waals surface area contributed by atoms with Crippen molar-refractivity contribution in [2.24, 2.45) is 5.92 Å². The molecule has 6 heteroatoms. The van der Waals surface area contributed by atoms with E-state index in [9.17, 15) is 4.79 Å². The van der Waals surface area contributed by atoms with Crippen LogP contribution >= 0.6 is 0 Å². The molecule has 0 fully saturated rings. The number of hydrogen-bond acceptors (Lipinski definition) is 4. The summed E-state index contributed by atoms with van der Waals surface area (Å²) in [6, 6.07) is 2.11. The lowest BCUT2D eigenvalue weighted by Gasteiger charge is -2.19. The molecule has 0 aromatic carbocycles. The van der Waals surface area contributed by atoms with Crippen LogP contribution in [0.5, 0.6) is 0 Å². The SMILES string of the molecule is Cc1nc2c(C#N)cnn2c(C)c1CCC(=O)N(C)CCC(C)C. The van der Waals surface area contributed by atoms with Gasteiger partial charge in [-0.05, 0) is 38.2 Å². The molecular formula is C18H25N5O. The first kappa shape index (κ1) is 17.9. The predicted octanol–water partition coefficient (Wildman–Crippen LogP) is 2.65. The molecule has 6 nitrogen and oxygen atoms in total. The van der Waals surface area contributed by atoms with Gasteiger partial charge in [-0.1, -0.05) is 13.8 Å². The molecule has 0 N–H and O–H groups in total. The monoisotopic (exact) mass is 327 g/mol. The molecule has 0 saturated heterocycles. The van der Waals surface area contributed by atoms with E-state index >= 15 is 0 Å². The first-order valence-electron chi connectivity index (χ1n) is 8.33. The van der Waals surface area contributed by atoms with Crippen LogP contribution in [0.3, 0.4) is 0 Å². The third-order valence-corrected chi connectivity index (χ3v) is 4.39. The van der Waals surface area contributed by atoms with Crippen LogP contribution in [0, 0.1) is 31.1 Å². The summed E-state index contributed by atoms with van der Waals surface area (Å²) in [5.41, 5.74) is 3.88. The van der Waals surface area contributed by atoms with Gasteiger partial charge in [-0.15, -0.1) is 0 Å². The Morgan fingerprint density at radius 2 is 2.12 bits per heavy atom. The predicted molar refractivity (Wildman–Crippen MR) is 92.6 cm³/mol. The molecule has 0 saturated carbocycles. The molecule has 2 aromatic heterocycles. The molecule has 128 valence electrons. The third kappa shape index (κ3) is 3.73. The van der Waals surface area contributed by atoms with Crippen LogP contribution in [0.2, 0.25) is 0 Å². The number of carbonyl (C=O) groups is 1. The highest BCUT2D eigenvalue weighted by Gasteiger charge is 2.16. The van der Waals surface area contributed by atoms with Crippen molar-refractivity contribution in [3.63, 3.8) is 0 Å². The lowest BCUT2D eigenvalue weighted by Crippen LogP contribution is -2.28. The quantitative estimate of drug-likeness (QED) is 0.817. The summed E-state index contributed by atoms with van der Waals surface area (Å²) in [4.78, 5) is 18.6. The molecule has 2 heterocycles. The van der Waals surface area contributed by atoms with Crippen molar-refractivity contribution in [1.29, 1.82) is 5.26 Å². The van der Waals surface area contributed by atoms with E-state index < -0.39 is 0 Å². The summed E-state index contributed by atoms with van der Waals surface area (Å²) < 4.78 is 1.69. The Labute approximate surface area is 143 Å². The minimum absolute atomic E-state index is 0.146. The van der Waals surface area contributed by atoms with Gasteiger partial charge in [-0.3, -0.25) is 4.79 Å². The second kappa shape index (κ2) is 7.43. The first-order chi connectivity index (χ1) is 11.3. The van der Waals surface area contributed by atoms with Crippen molar-refractivity contribution in [2.45, 2.75) is 47.0 Å². The van der Waals surface area contributed by atoms with Crippen LogP contribution in [0.25, 0.3) is 5.65 Å². The minimum atomic E-state index is 0.146. The van der Waals surface area contributed by atoms with E-state index in [2.05, 4.69) is 30.0 Å². The largest absolute Gasteiger partial charge is 0.346 e. The van der Waals surface area contributed by atoms with E-state index in [0.29, 0.717) is 30.0 Å². The Bertz CT molecular complexity index is 785. The fourth-order valence-corrected chi connectivity index (χ4v) is 2.75. The summed E-state index contributed by atoms with van der Waals surface area (Å²) >= 11 is 0. The number of nitriles is 1. The maximum atomic E-state index is 12.3. The molecule has 0 spiro atoms. The third-order valence-electron chi connectivity index (χ3n) is 4.39. The Kier molecular flexibility index (Phi) is 5.55. The molecule has 2 aromatic rings. The molecule has 0 radical (unpaired) electrons. The number of aryl methyl sites for hydroxylation is 2. The number of amides is 1. The Balaban J connectivity index is 2.13. The van der Waals surface area contributed by atoms with Gasteiger partial charge in [0.2, 0.25) is 5.91 Å². The summed E-state index contributed by atoms with van der Waals surface area (Å²) in [5, 5.41) is 13.3. The van der Waals surface area contributed by atoms with Gasteiger partial charge in [0.05, 0.1) is 6.20 Å². The smallest absolute Gasteiger partial charge is 0.222 e. The summed E-state index contributed by atoms with van der Waals surface area (Å²) in [6.45, 7) is 8.98. The van der Waals surface area contributed by atoms with E-state index in [-0.39, 0.29) is 5.91 Å². The topological polar surface area (TPSA) is 74.3 Å². The molecule has 1 amide bonds. The lowest BCUT2D eigenvalue weighted by molar-refractivity contribution is -0.130. The molecule has 0 bridgehead atoms. The Morgan fingerprint density at radius 3 is 2.75 bits per heavy atom. The van der Waals surface area contributed by atoms with Gasteiger partial charge in [0.25, 0.3) is 0 Å². The zero-order chi connectivity index (χ0) is 17.9. The molecule has 0 aliphatic rings. The molecule has 0 unspecified atom stereocenters. The first-order valence-corrected chi connectivity index (χ1v) is 8.33. The number of rotatable bonds is 6. The number of hydrogen-bond donors (Lipinski definition) is 0. The molecule has 24 heavy (non-hydrogen) atoms. The standard InChI is InChI=1S/C18H25N5O/c1-12(2)8-9-22(5)17(24)7-6-16-13(3)21-18-15(10-19)11-20-23(18)14(16)4/h11-12H,6-9H2,1-5H3. The van der Waals surface area contributed by atoms with Crippen molar-refractivity contribution >= 4 is 11.6 Å². The average molecular weight is 327 g/mol. The van der Waals surface area contributed by atoms with Crippen molar-refractivity contribution in [1.82, 2.24) is 19.5 Å². The van der Waals surface area contributed by atoms with Gasteiger partial charge in [-0.2, -0.15) is 10.4 Å². The summed E-state index contributed by atoms with van der Waals surface area (Å²) in [6.07, 6.45) is 3.63. The number of carbonyl (C=O) groups excluding carboxylic acids is 1. The fourth-order valence-electron chi connectivity index (χ4n) is 2.75. The van der Waals surface area contributed by atoms with Crippen LogP contribution in [-0.4, -0.2) is 39.0 Å². The second-order valence-electron chi connectivity index (χ2n) is 6.66. The van der Waals surface area contributed by atoms with E-state index in [4.69, 9.17) is 5.26 Å². The van der Waals surface area contributed by atoms with Gasteiger partial charge in [0.15, 0.2) is 5.65 Å². The van der Waals surface area contributed by atoms with Crippen molar-refractivity contribution in [2.75, 3.05) is 13.6 Å². The fraction of sp³-hybridized carbons (Fsp3) is 0.556. The Hall–Kier alpha value is -2.42. The molecule has 0 aliphatic heterocycles. The normalized spacial score (nSPS) is 11.0.